The zero-order chi connectivity index (χ0) is 22.0. The van der Waals surface area contributed by atoms with Crippen LogP contribution in [-0.2, 0) is 16.1 Å². The zero-order valence-corrected chi connectivity index (χ0v) is 18.8. The van der Waals surface area contributed by atoms with E-state index in [2.05, 4.69) is 20.9 Å². The van der Waals surface area contributed by atoms with Gasteiger partial charge >= 0.3 is 0 Å². The van der Waals surface area contributed by atoms with Gasteiger partial charge in [-0.05, 0) is 36.2 Å². The van der Waals surface area contributed by atoms with E-state index >= 15 is 0 Å². The van der Waals surface area contributed by atoms with Crippen molar-refractivity contribution >= 4 is 45.0 Å². The predicted molar refractivity (Wildman–Crippen MR) is 121 cm³/mol. The van der Waals surface area contributed by atoms with Crippen molar-refractivity contribution in [2.24, 2.45) is 0 Å². The van der Waals surface area contributed by atoms with E-state index in [-0.39, 0.29) is 11.3 Å². The van der Waals surface area contributed by atoms with Crippen LogP contribution in [0.25, 0.3) is 5.76 Å². The quantitative estimate of drug-likeness (QED) is 0.299. The Labute approximate surface area is 192 Å². The summed E-state index contributed by atoms with van der Waals surface area (Å²) in [6.07, 6.45) is 5.87. The Balaban J connectivity index is 1.74. The van der Waals surface area contributed by atoms with Crippen LogP contribution in [0, 0.1) is 0 Å². The summed E-state index contributed by atoms with van der Waals surface area (Å²) in [5.41, 5.74) is 1.10. The average molecular weight is 501 g/mol. The van der Waals surface area contributed by atoms with Crippen LogP contribution in [0.4, 0.5) is 0 Å². The minimum Gasteiger partial charge on any atom is -0.507 e. The molecule has 1 aromatic heterocycles. The van der Waals surface area contributed by atoms with Crippen LogP contribution in [0.2, 0.25) is 5.02 Å². The highest BCUT2D eigenvalue weighted by atomic mass is 79.9. The normalized spacial score (nSPS) is 18.0. The van der Waals surface area contributed by atoms with E-state index < -0.39 is 17.7 Å². The highest BCUT2D eigenvalue weighted by Crippen LogP contribution is 2.40. The van der Waals surface area contributed by atoms with Crippen molar-refractivity contribution in [3.8, 4) is 0 Å². The number of hydrogen-bond donors (Lipinski definition) is 1. The van der Waals surface area contributed by atoms with Gasteiger partial charge in [0, 0.05) is 35.5 Å². The lowest BCUT2D eigenvalue weighted by Crippen LogP contribution is -2.31. The molecular weight excluding hydrogens is 482 g/mol. The molecule has 8 heteroatoms. The second kappa shape index (κ2) is 9.08. The van der Waals surface area contributed by atoms with E-state index in [9.17, 15) is 14.7 Å². The lowest BCUT2D eigenvalue weighted by atomic mass is 9.95. The van der Waals surface area contributed by atoms with Gasteiger partial charge in [-0.15, -0.1) is 0 Å². The monoisotopic (exact) mass is 499 g/mol. The van der Waals surface area contributed by atoms with E-state index in [1.807, 2.05) is 35.0 Å². The van der Waals surface area contributed by atoms with Gasteiger partial charge in [0.15, 0.2) is 0 Å². The maximum Gasteiger partial charge on any atom is 0.295 e. The molecule has 4 rings (SSSR count). The molecule has 0 radical (unpaired) electrons. The van der Waals surface area contributed by atoms with Gasteiger partial charge < -0.3 is 14.6 Å². The van der Waals surface area contributed by atoms with E-state index in [4.69, 9.17) is 11.6 Å². The number of aryl methyl sites for hydroxylation is 1. The number of aliphatic hydroxyl groups is 1. The van der Waals surface area contributed by atoms with Crippen LogP contribution in [0.15, 0.2) is 77.3 Å². The number of aromatic nitrogens is 2. The van der Waals surface area contributed by atoms with Crippen molar-refractivity contribution < 1.29 is 14.7 Å². The Hall–Kier alpha value is -2.90. The van der Waals surface area contributed by atoms with Gasteiger partial charge in [-0.25, -0.2) is 4.98 Å². The molecule has 31 heavy (non-hydrogen) atoms. The van der Waals surface area contributed by atoms with E-state index in [0.717, 1.165) is 10.0 Å². The molecule has 0 aliphatic carbocycles. The number of carbonyl (C=O) groups is 2. The molecule has 1 unspecified atom stereocenters. The molecule has 0 saturated carbocycles. The van der Waals surface area contributed by atoms with Crippen LogP contribution in [0.3, 0.4) is 0 Å². The summed E-state index contributed by atoms with van der Waals surface area (Å²) in [5, 5.41) is 11.3. The molecule has 2 aromatic carbocycles. The van der Waals surface area contributed by atoms with Crippen LogP contribution in [0.5, 0.6) is 0 Å². The molecule has 0 bridgehead atoms. The number of amides is 1. The molecule has 3 aromatic rings. The Bertz CT molecular complexity index is 1140. The molecule has 1 fully saturated rings. The fourth-order valence-electron chi connectivity index (χ4n) is 3.74. The topological polar surface area (TPSA) is 75.4 Å². The first-order valence-corrected chi connectivity index (χ1v) is 10.9. The van der Waals surface area contributed by atoms with Gasteiger partial charge in [-0.2, -0.15) is 0 Å². The number of carbonyl (C=O) groups excluding carboxylic acids is 2. The number of nitrogens with zero attached hydrogens (tertiary/aromatic N) is 3. The molecule has 1 saturated heterocycles. The molecule has 1 aliphatic rings. The minimum absolute atomic E-state index is 0.0445. The summed E-state index contributed by atoms with van der Waals surface area (Å²) in [5.74, 6) is -1.62. The Kier molecular flexibility index (Phi) is 6.25. The number of likely N-dealkylation sites (tertiary alicyclic amines) is 1. The molecule has 1 aliphatic heterocycles. The van der Waals surface area contributed by atoms with E-state index in [0.29, 0.717) is 30.1 Å². The third-order valence-electron chi connectivity index (χ3n) is 5.23. The first-order chi connectivity index (χ1) is 15.0. The molecule has 158 valence electrons. The van der Waals surface area contributed by atoms with Crippen molar-refractivity contribution in [1.29, 1.82) is 0 Å². The Morgan fingerprint density at radius 3 is 2.52 bits per heavy atom. The summed E-state index contributed by atoms with van der Waals surface area (Å²) in [7, 11) is 0. The Morgan fingerprint density at radius 1 is 1.10 bits per heavy atom. The number of aliphatic hydroxyl groups excluding tert-OH is 1. The summed E-state index contributed by atoms with van der Waals surface area (Å²) in [4.78, 5) is 31.5. The van der Waals surface area contributed by atoms with Gasteiger partial charge in [-0.3, -0.25) is 9.59 Å². The lowest BCUT2D eigenvalue weighted by molar-refractivity contribution is -0.139. The number of halogens is 2. The largest absolute Gasteiger partial charge is 0.507 e. The number of benzene rings is 2. The third kappa shape index (κ3) is 4.29. The van der Waals surface area contributed by atoms with Crippen molar-refractivity contribution in [2.45, 2.75) is 19.0 Å². The maximum atomic E-state index is 13.0. The highest BCUT2D eigenvalue weighted by molar-refractivity contribution is 9.10. The van der Waals surface area contributed by atoms with Crippen molar-refractivity contribution in [3.05, 3.63) is 93.4 Å². The van der Waals surface area contributed by atoms with Crippen LogP contribution in [0.1, 0.15) is 23.6 Å². The van der Waals surface area contributed by atoms with Crippen molar-refractivity contribution in [3.63, 3.8) is 0 Å². The second-order valence-corrected chi connectivity index (χ2v) is 8.50. The number of Topliss-reactive ketones (excluding diaryl/α,β-unsaturated/α-hetero) is 1. The molecule has 6 nitrogen and oxygen atoms in total. The SMILES string of the molecule is O=C1C(=O)N(CCCn2ccnc2)C(c2ccc(Br)cc2)C1=C(O)c1ccccc1Cl. The summed E-state index contributed by atoms with van der Waals surface area (Å²) in [6, 6.07) is 13.4. The van der Waals surface area contributed by atoms with Gasteiger partial charge in [0.05, 0.1) is 23.0 Å². The van der Waals surface area contributed by atoms with Crippen molar-refractivity contribution in [2.75, 3.05) is 6.54 Å². The number of hydrogen-bond acceptors (Lipinski definition) is 4. The summed E-state index contributed by atoms with van der Waals surface area (Å²) < 4.78 is 2.79. The summed E-state index contributed by atoms with van der Waals surface area (Å²) in [6.45, 7) is 1.00. The van der Waals surface area contributed by atoms with Crippen LogP contribution < -0.4 is 0 Å². The Morgan fingerprint density at radius 2 is 1.84 bits per heavy atom. The maximum absolute atomic E-state index is 13.0. The number of ketones is 1. The zero-order valence-electron chi connectivity index (χ0n) is 16.4. The van der Waals surface area contributed by atoms with E-state index in [1.54, 1.807) is 36.8 Å². The molecule has 2 heterocycles. The summed E-state index contributed by atoms with van der Waals surface area (Å²) >= 11 is 9.67. The van der Waals surface area contributed by atoms with Crippen molar-refractivity contribution in [1.82, 2.24) is 14.5 Å². The first kappa shape index (κ1) is 21.3. The third-order valence-corrected chi connectivity index (χ3v) is 6.09. The van der Waals surface area contributed by atoms with Gasteiger partial charge in [0.1, 0.15) is 5.76 Å². The number of rotatable bonds is 6. The minimum atomic E-state index is -0.715. The molecule has 1 amide bonds. The second-order valence-electron chi connectivity index (χ2n) is 7.18. The number of imidazole rings is 1. The highest BCUT2D eigenvalue weighted by Gasteiger charge is 2.45. The molecular formula is C23H19BrClN3O3. The van der Waals surface area contributed by atoms with Gasteiger partial charge in [0.25, 0.3) is 11.7 Å². The van der Waals surface area contributed by atoms with Crippen LogP contribution in [-0.4, -0.2) is 37.8 Å². The molecule has 0 spiro atoms. The molecule has 1 atom stereocenters. The fourth-order valence-corrected chi connectivity index (χ4v) is 4.23. The predicted octanol–water partition coefficient (Wildman–Crippen LogP) is 4.81. The average Bonchev–Trinajstić information content (AvgIpc) is 3.36. The van der Waals surface area contributed by atoms with Gasteiger partial charge in [-0.1, -0.05) is 51.8 Å². The lowest BCUT2D eigenvalue weighted by Gasteiger charge is -2.25. The van der Waals surface area contributed by atoms with Gasteiger partial charge in [0.2, 0.25) is 0 Å². The fraction of sp³-hybridized carbons (Fsp3) is 0.174. The van der Waals surface area contributed by atoms with Crippen LogP contribution >= 0.6 is 27.5 Å². The van der Waals surface area contributed by atoms with E-state index in [1.165, 1.54) is 4.90 Å². The smallest absolute Gasteiger partial charge is 0.295 e. The first-order valence-electron chi connectivity index (χ1n) is 9.72. The standard InChI is InChI=1S/C23H19BrClN3O3/c24-16-8-6-15(7-9-16)20-19(21(29)17-4-1-2-5-18(17)25)22(30)23(31)28(20)12-3-11-27-13-10-26-14-27/h1-2,4-10,13-14,20,29H,3,11-12H2. The molecule has 1 N–H and O–H groups in total.